The quantitative estimate of drug-likeness (QED) is 0.796. The van der Waals surface area contributed by atoms with Gasteiger partial charge in [-0.3, -0.25) is 9.59 Å². The molecule has 0 bridgehead atoms. The maximum atomic E-state index is 11.9. The van der Waals surface area contributed by atoms with E-state index >= 15 is 0 Å². The zero-order valence-corrected chi connectivity index (χ0v) is 14.1. The summed E-state index contributed by atoms with van der Waals surface area (Å²) < 4.78 is 22.6. The molecule has 22 heavy (non-hydrogen) atoms. The number of nitrogens with one attached hydrogen (secondary N) is 2. The van der Waals surface area contributed by atoms with Crippen molar-refractivity contribution in [3.63, 3.8) is 0 Å². The van der Waals surface area contributed by atoms with Gasteiger partial charge in [0, 0.05) is 23.9 Å². The molecule has 6 nitrogen and oxygen atoms in total. The molecule has 2 heterocycles. The molecule has 0 spiro atoms. The smallest absolute Gasteiger partial charge is 0.261 e. The molecule has 1 aliphatic rings. The first kappa shape index (κ1) is 17.0. The molecule has 0 saturated carbocycles. The molecule has 2 N–H and O–H groups in total. The summed E-state index contributed by atoms with van der Waals surface area (Å²) in [4.78, 5) is 25.4. The average Bonchev–Trinajstić information content (AvgIpc) is 3.05. The molecular weight excluding hydrogens is 324 g/mol. The third-order valence-corrected chi connectivity index (χ3v) is 6.47. The topological polar surface area (TPSA) is 92.3 Å². The Bertz CT molecular complexity index is 652. The molecule has 2 amide bonds. The van der Waals surface area contributed by atoms with Crippen LogP contribution in [-0.4, -0.2) is 44.3 Å². The maximum absolute atomic E-state index is 11.9. The fraction of sp³-hybridized carbons (Fsp3) is 0.571. The summed E-state index contributed by atoms with van der Waals surface area (Å²) in [5.41, 5.74) is 0. The van der Waals surface area contributed by atoms with Crippen LogP contribution in [0.25, 0.3) is 0 Å². The lowest BCUT2D eigenvalue weighted by molar-refractivity contribution is -0.121. The van der Waals surface area contributed by atoms with E-state index in [-0.39, 0.29) is 42.3 Å². The second kappa shape index (κ2) is 7.23. The number of sulfone groups is 1. The van der Waals surface area contributed by atoms with Crippen LogP contribution < -0.4 is 10.6 Å². The van der Waals surface area contributed by atoms with Crippen molar-refractivity contribution in [2.45, 2.75) is 32.2 Å². The summed E-state index contributed by atoms with van der Waals surface area (Å²) in [6.45, 7) is 2.27. The summed E-state index contributed by atoms with van der Waals surface area (Å²) in [5.74, 6) is -0.267. The lowest BCUT2D eigenvalue weighted by atomic mass is 10.2. The number of thiophene rings is 1. The van der Waals surface area contributed by atoms with Crippen LogP contribution in [-0.2, 0) is 21.1 Å². The third-order valence-electron chi connectivity index (χ3n) is 3.47. The van der Waals surface area contributed by atoms with E-state index in [2.05, 4.69) is 10.6 Å². The van der Waals surface area contributed by atoms with E-state index in [1.165, 1.54) is 11.3 Å². The van der Waals surface area contributed by atoms with Gasteiger partial charge in [0.2, 0.25) is 5.91 Å². The number of rotatable bonds is 6. The zero-order chi connectivity index (χ0) is 16.2. The first-order chi connectivity index (χ1) is 10.4. The molecule has 0 radical (unpaired) electrons. The number of carbonyl (C=O) groups excluding carboxylic acids is 2. The van der Waals surface area contributed by atoms with E-state index in [4.69, 9.17) is 0 Å². The number of amides is 2. The van der Waals surface area contributed by atoms with E-state index in [9.17, 15) is 18.0 Å². The highest BCUT2D eigenvalue weighted by Gasteiger charge is 2.28. The summed E-state index contributed by atoms with van der Waals surface area (Å²) in [6.07, 6.45) is 1.51. The van der Waals surface area contributed by atoms with Crippen LogP contribution in [0.3, 0.4) is 0 Å². The van der Waals surface area contributed by atoms with Crippen molar-refractivity contribution in [2.75, 3.05) is 18.1 Å². The second-order valence-corrected chi connectivity index (χ2v) is 8.69. The van der Waals surface area contributed by atoms with Gasteiger partial charge < -0.3 is 10.6 Å². The number of hydrogen-bond donors (Lipinski definition) is 2. The molecular formula is C14H20N2O4S2. The van der Waals surface area contributed by atoms with Gasteiger partial charge in [0.05, 0.1) is 16.4 Å². The first-order valence-corrected chi connectivity index (χ1v) is 9.90. The SMILES string of the molecule is CCc1ccc(C(=O)NCCC(=O)N[C@@H]2CCS(=O)(=O)C2)s1. The number of hydrogen-bond acceptors (Lipinski definition) is 5. The van der Waals surface area contributed by atoms with Crippen LogP contribution in [0.4, 0.5) is 0 Å². The predicted molar refractivity (Wildman–Crippen MR) is 85.8 cm³/mol. The molecule has 122 valence electrons. The molecule has 0 aromatic carbocycles. The van der Waals surface area contributed by atoms with Crippen LogP contribution in [0.2, 0.25) is 0 Å². The van der Waals surface area contributed by atoms with Crippen LogP contribution in [0.1, 0.15) is 34.3 Å². The molecule has 1 aromatic heterocycles. The van der Waals surface area contributed by atoms with Crippen LogP contribution >= 0.6 is 11.3 Å². The lowest BCUT2D eigenvalue weighted by Crippen LogP contribution is -2.37. The van der Waals surface area contributed by atoms with Gasteiger partial charge >= 0.3 is 0 Å². The third kappa shape index (κ3) is 4.81. The predicted octanol–water partition coefficient (Wildman–Crippen LogP) is 0.734. The second-order valence-electron chi connectivity index (χ2n) is 5.29. The van der Waals surface area contributed by atoms with Crippen LogP contribution in [0.5, 0.6) is 0 Å². The maximum Gasteiger partial charge on any atom is 0.261 e. The van der Waals surface area contributed by atoms with Crippen molar-refractivity contribution in [3.05, 3.63) is 21.9 Å². The van der Waals surface area contributed by atoms with Crippen LogP contribution in [0, 0.1) is 0 Å². The van der Waals surface area contributed by atoms with Gasteiger partial charge in [-0.25, -0.2) is 8.42 Å². The Balaban J connectivity index is 1.69. The fourth-order valence-corrected chi connectivity index (χ4v) is 4.81. The lowest BCUT2D eigenvalue weighted by Gasteiger charge is -2.10. The average molecular weight is 344 g/mol. The van der Waals surface area contributed by atoms with E-state index < -0.39 is 9.84 Å². The Labute approximate surface area is 134 Å². The normalized spacial score (nSPS) is 19.8. The summed E-state index contributed by atoms with van der Waals surface area (Å²) in [7, 11) is -2.99. The highest BCUT2D eigenvalue weighted by molar-refractivity contribution is 7.91. The zero-order valence-electron chi connectivity index (χ0n) is 12.4. The molecule has 2 rings (SSSR count). The van der Waals surface area contributed by atoms with Gasteiger partial charge in [0.1, 0.15) is 0 Å². The minimum atomic E-state index is -2.99. The van der Waals surface area contributed by atoms with Crippen molar-refractivity contribution in [1.29, 1.82) is 0 Å². The van der Waals surface area contributed by atoms with Crippen molar-refractivity contribution in [2.24, 2.45) is 0 Å². The molecule has 1 atom stereocenters. The largest absolute Gasteiger partial charge is 0.352 e. The van der Waals surface area contributed by atoms with Crippen molar-refractivity contribution in [3.8, 4) is 0 Å². The van der Waals surface area contributed by atoms with Crippen molar-refractivity contribution < 1.29 is 18.0 Å². The van der Waals surface area contributed by atoms with E-state index in [0.29, 0.717) is 11.3 Å². The van der Waals surface area contributed by atoms with Gasteiger partial charge in [-0.1, -0.05) is 6.92 Å². The van der Waals surface area contributed by atoms with E-state index in [1.54, 1.807) is 6.07 Å². The Morgan fingerprint density at radius 1 is 1.36 bits per heavy atom. The Morgan fingerprint density at radius 3 is 2.73 bits per heavy atom. The summed E-state index contributed by atoms with van der Waals surface area (Å²) >= 11 is 1.45. The van der Waals surface area contributed by atoms with Gasteiger partial charge in [-0.2, -0.15) is 0 Å². The van der Waals surface area contributed by atoms with E-state index in [1.807, 2.05) is 13.0 Å². The van der Waals surface area contributed by atoms with Gasteiger partial charge in [-0.15, -0.1) is 11.3 Å². The van der Waals surface area contributed by atoms with Gasteiger partial charge in [0.25, 0.3) is 5.91 Å². The number of carbonyl (C=O) groups is 2. The Morgan fingerprint density at radius 2 is 2.14 bits per heavy atom. The molecule has 8 heteroatoms. The molecule has 1 saturated heterocycles. The fourth-order valence-electron chi connectivity index (χ4n) is 2.28. The van der Waals surface area contributed by atoms with Crippen molar-refractivity contribution >= 4 is 33.0 Å². The highest BCUT2D eigenvalue weighted by atomic mass is 32.2. The summed E-state index contributed by atoms with van der Waals surface area (Å²) in [5, 5.41) is 5.40. The van der Waals surface area contributed by atoms with Gasteiger partial charge in [-0.05, 0) is 25.0 Å². The first-order valence-electron chi connectivity index (χ1n) is 7.26. The van der Waals surface area contributed by atoms with Crippen molar-refractivity contribution in [1.82, 2.24) is 10.6 Å². The molecule has 1 aromatic rings. The van der Waals surface area contributed by atoms with Crippen LogP contribution in [0.15, 0.2) is 12.1 Å². The van der Waals surface area contributed by atoms with E-state index in [0.717, 1.165) is 11.3 Å². The Kier molecular flexibility index (Phi) is 5.57. The molecule has 0 aliphatic carbocycles. The monoisotopic (exact) mass is 344 g/mol. The minimum Gasteiger partial charge on any atom is -0.352 e. The Hall–Kier alpha value is -1.41. The highest BCUT2D eigenvalue weighted by Crippen LogP contribution is 2.16. The van der Waals surface area contributed by atoms with Gasteiger partial charge in [0.15, 0.2) is 9.84 Å². The molecule has 1 aliphatic heterocycles. The molecule has 1 fully saturated rings. The standard InChI is InChI=1S/C14H20N2O4S2/c1-2-11-3-4-12(21-11)14(18)15-7-5-13(17)16-10-6-8-22(19,20)9-10/h3-4,10H,2,5-9H2,1H3,(H,15,18)(H,16,17)/t10-/m1/s1. The molecule has 0 unspecified atom stereocenters. The number of aryl methyl sites for hydroxylation is 1. The minimum absolute atomic E-state index is 0.0140. The summed E-state index contributed by atoms with van der Waals surface area (Å²) in [6, 6.07) is 3.41.